The molecule has 212 valence electrons. The molecule has 8 nitrogen and oxygen atoms in total. The van der Waals surface area contributed by atoms with E-state index in [0.717, 1.165) is 28.4 Å². The van der Waals surface area contributed by atoms with E-state index in [1.165, 1.54) is 42.3 Å². The molecule has 0 fully saturated rings. The normalized spacial score (nSPS) is 13.9. The molecule has 2 aromatic heterocycles. The molecule has 4 aromatic rings. The average Bonchev–Trinajstić information content (AvgIpc) is 3.58. The van der Waals surface area contributed by atoms with Crippen LogP contribution in [-0.4, -0.2) is 52.1 Å². The molecule has 1 aliphatic rings. The van der Waals surface area contributed by atoms with Gasteiger partial charge in [-0.1, -0.05) is 53.3 Å². The van der Waals surface area contributed by atoms with Gasteiger partial charge in [0.05, 0.1) is 57.2 Å². The van der Waals surface area contributed by atoms with Crippen LogP contribution in [0.15, 0.2) is 60.8 Å². The summed E-state index contributed by atoms with van der Waals surface area (Å²) in [5.74, 6) is -1.65. The summed E-state index contributed by atoms with van der Waals surface area (Å²) in [5, 5.41) is 7.67. The number of halogens is 4. The first kappa shape index (κ1) is 28.4. The summed E-state index contributed by atoms with van der Waals surface area (Å²) in [4.78, 5) is 40.7. The van der Waals surface area contributed by atoms with Gasteiger partial charge in [0.15, 0.2) is 5.06 Å². The minimum atomic E-state index is -4.56. The molecule has 3 amide bonds. The molecule has 0 aliphatic carbocycles. The molecule has 1 N–H and O–H groups in total. The number of imide groups is 1. The van der Waals surface area contributed by atoms with Crippen molar-refractivity contribution in [3.05, 3.63) is 92.9 Å². The molecule has 41 heavy (non-hydrogen) atoms. The number of amides is 3. The van der Waals surface area contributed by atoms with Gasteiger partial charge in [0, 0.05) is 13.6 Å². The maximum Gasteiger partial charge on any atom is 0.416 e. The number of rotatable bonds is 8. The number of carbonyl (C=O) groups excluding carboxylic acids is 3. The minimum Gasteiger partial charge on any atom is -0.487 e. The molecule has 2 aromatic carbocycles. The van der Waals surface area contributed by atoms with E-state index in [4.69, 9.17) is 16.3 Å². The summed E-state index contributed by atoms with van der Waals surface area (Å²) in [6.07, 6.45) is -3.18. The van der Waals surface area contributed by atoms with Gasteiger partial charge < -0.3 is 10.1 Å². The fraction of sp³-hybridized carbons (Fsp3) is 0.214. The third kappa shape index (κ3) is 5.57. The Labute approximate surface area is 241 Å². The zero-order valence-corrected chi connectivity index (χ0v) is 23.2. The molecule has 1 aliphatic heterocycles. The Morgan fingerprint density at radius 2 is 1.76 bits per heavy atom. The van der Waals surface area contributed by atoms with Crippen molar-refractivity contribution in [2.45, 2.75) is 18.6 Å². The van der Waals surface area contributed by atoms with E-state index < -0.39 is 35.5 Å². The average molecular weight is 603 g/mol. The van der Waals surface area contributed by atoms with Gasteiger partial charge in [-0.25, -0.2) is 0 Å². The topological polar surface area (TPSA) is 93.5 Å². The standard InChI is InChI=1S/C28H22ClF3N4O4S/c1-35-23(21(29)13-33-35)20-12-22(41-27(20)40-2)24(37)34-17(11-15-6-5-7-16(10-15)28(30,31)32)14-36-25(38)18-8-3-4-9-19(18)26(36)39/h3-10,12-13,17H,11,14H2,1-2H3,(H,34,37). The first-order valence-electron chi connectivity index (χ1n) is 12.3. The molecular formula is C28H22ClF3N4O4S. The predicted molar refractivity (Wildman–Crippen MR) is 146 cm³/mol. The third-order valence-electron chi connectivity index (χ3n) is 6.61. The molecule has 0 spiro atoms. The van der Waals surface area contributed by atoms with E-state index in [9.17, 15) is 27.6 Å². The zero-order valence-electron chi connectivity index (χ0n) is 21.7. The van der Waals surface area contributed by atoms with Gasteiger partial charge in [0.25, 0.3) is 17.7 Å². The highest BCUT2D eigenvalue weighted by Gasteiger charge is 2.37. The number of benzene rings is 2. The molecule has 1 unspecified atom stereocenters. The van der Waals surface area contributed by atoms with Crippen molar-refractivity contribution < 1.29 is 32.3 Å². The monoisotopic (exact) mass is 602 g/mol. The number of aryl methyl sites for hydroxylation is 1. The Balaban J connectivity index is 1.45. The van der Waals surface area contributed by atoms with Crippen LogP contribution in [0.5, 0.6) is 5.06 Å². The van der Waals surface area contributed by atoms with Crippen molar-refractivity contribution in [3.63, 3.8) is 0 Å². The summed E-state index contributed by atoms with van der Waals surface area (Å²) in [6, 6.07) is 11.7. The van der Waals surface area contributed by atoms with Crippen LogP contribution in [0.4, 0.5) is 13.2 Å². The second kappa shape index (κ2) is 11.0. The second-order valence-corrected chi connectivity index (χ2v) is 10.7. The second-order valence-electron chi connectivity index (χ2n) is 9.32. The van der Waals surface area contributed by atoms with Gasteiger partial charge in [-0.05, 0) is 36.2 Å². The first-order valence-corrected chi connectivity index (χ1v) is 13.4. The number of nitrogens with zero attached hydrogens (tertiary/aromatic N) is 3. The number of hydrogen-bond donors (Lipinski definition) is 1. The molecule has 0 bridgehead atoms. The van der Waals surface area contributed by atoms with Gasteiger partial charge in [0.2, 0.25) is 0 Å². The first-order chi connectivity index (χ1) is 19.5. The number of hydrogen-bond acceptors (Lipinski definition) is 6. The third-order valence-corrected chi connectivity index (χ3v) is 7.98. The van der Waals surface area contributed by atoms with Crippen LogP contribution >= 0.6 is 22.9 Å². The van der Waals surface area contributed by atoms with Crippen LogP contribution in [0.1, 0.15) is 41.5 Å². The lowest BCUT2D eigenvalue weighted by atomic mass is 10.0. The molecule has 0 radical (unpaired) electrons. The molecule has 5 rings (SSSR count). The fourth-order valence-corrected chi connectivity index (χ4v) is 5.86. The molecular weight excluding hydrogens is 581 g/mol. The lowest BCUT2D eigenvalue weighted by Gasteiger charge is -2.24. The van der Waals surface area contributed by atoms with Crippen molar-refractivity contribution in [2.75, 3.05) is 13.7 Å². The summed E-state index contributed by atoms with van der Waals surface area (Å²) in [7, 11) is 3.13. The van der Waals surface area contributed by atoms with Gasteiger partial charge in [-0.3, -0.25) is 24.0 Å². The van der Waals surface area contributed by atoms with Crippen LogP contribution in [0.2, 0.25) is 5.02 Å². The van der Waals surface area contributed by atoms with Crippen LogP contribution in [0, 0.1) is 0 Å². The number of aromatic nitrogens is 2. The van der Waals surface area contributed by atoms with Crippen molar-refractivity contribution >= 4 is 40.7 Å². The number of ether oxygens (including phenoxy) is 1. The van der Waals surface area contributed by atoms with Gasteiger partial charge in [-0.15, -0.1) is 0 Å². The van der Waals surface area contributed by atoms with Crippen LogP contribution < -0.4 is 10.1 Å². The maximum absolute atomic E-state index is 13.5. The number of methoxy groups -OCH3 is 1. The molecule has 0 saturated heterocycles. The zero-order chi connectivity index (χ0) is 29.5. The Kier molecular flexibility index (Phi) is 7.62. The SMILES string of the molecule is COc1sc(C(=O)NC(Cc2cccc(C(F)(F)F)c2)CN2C(=O)c3ccccc3C2=O)cc1-c1c(Cl)cnn1C. The Hall–Kier alpha value is -4.16. The Morgan fingerprint density at radius 1 is 1.07 bits per heavy atom. The van der Waals surface area contributed by atoms with Crippen LogP contribution in [0.25, 0.3) is 11.3 Å². The van der Waals surface area contributed by atoms with Crippen molar-refractivity contribution in [2.24, 2.45) is 7.05 Å². The largest absolute Gasteiger partial charge is 0.487 e. The van der Waals surface area contributed by atoms with E-state index in [0.29, 0.717) is 21.3 Å². The van der Waals surface area contributed by atoms with Crippen LogP contribution in [-0.2, 0) is 19.6 Å². The lowest BCUT2D eigenvalue weighted by molar-refractivity contribution is -0.137. The summed E-state index contributed by atoms with van der Waals surface area (Å²) < 4.78 is 47.1. The van der Waals surface area contributed by atoms with Crippen molar-refractivity contribution in [3.8, 4) is 16.3 Å². The number of carbonyl (C=O) groups is 3. The summed E-state index contributed by atoms with van der Waals surface area (Å²) in [5.41, 5.74) is 0.937. The highest BCUT2D eigenvalue weighted by atomic mass is 35.5. The summed E-state index contributed by atoms with van der Waals surface area (Å²) >= 11 is 7.33. The number of alkyl halides is 3. The Morgan fingerprint density at radius 3 is 2.34 bits per heavy atom. The molecule has 1 atom stereocenters. The lowest BCUT2D eigenvalue weighted by Crippen LogP contribution is -2.46. The highest BCUT2D eigenvalue weighted by molar-refractivity contribution is 7.16. The minimum absolute atomic E-state index is 0.0774. The summed E-state index contributed by atoms with van der Waals surface area (Å²) in [6.45, 7) is -0.253. The molecule has 0 saturated carbocycles. The van der Waals surface area contributed by atoms with Gasteiger partial charge >= 0.3 is 6.18 Å². The highest BCUT2D eigenvalue weighted by Crippen LogP contribution is 2.41. The molecule has 13 heteroatoms. The van der Waals surface area contributed by atoms with Crippen LogP contribution in [0.3, 0.4) is 0 Å². The predicted octanol–water partition coefficient (Wildman–Crippen LogP) is 5.47. The van der Waals surface area contributed by atoms with Crippen molar-refractivity contribution in [1.29, 1.82) is 0 Å². The van der Waals surface area contributed by atoms with Gasteiger partial charge in [-0.2, -0.15) is 18.3 Å². The van der Waals surface area contributed by atoms with E-state index in [1.807, 2.05) is 0 Å². The molecule has 3 heterocycles. The fourth-order valence-electron chi connectivity index (χ4n) is 4.72. The smallest absolute Gasteiger partial charge is 0.416 e. The Bertz CT molecular complexity index is 1610. The number of thiophene rings is 1. The van der Waals surface area contributed by atoms with E-state index in [1.54, 1.807) is 25.2 Å². The maximum atomic E-state index is 13.5. The quantitative estimate of drug-likeness (QED) is 0.270. The van der Waals surface area contributed by atoms with E-state index in [-0.39, 0.29) is 34.5 Å². The van der Waals surface area contributed by atoms with E-state index in [2.05, 4.69) is 10.4 Å². The number of fused-ring (bicyclic) bond motifs is 1. The van der Waals surface area contributed by atoms with E-state index >= 15 is 0 Å². The van der Waals surface area contributed by atoms with Gasteiger partial charge in [0.1, 0.15) is 0 Å². The number of nitrogens with one attached hydrogen (secondary N) is 1. The van der Waals surface area contributed by atoms with Crippen molar-refractivity contribution in [1.82, 2.24) is 20.0 Å².